The fourth-order valence-corrected chi connectivity index (χ4v) is 3.78. The monoisotopic (exact) mass is 523 g/mol. The standard InChI is InChI=1S/C27H33N5O6/c1-18(2)35-27(33)38-32-14-10-22(11-15-32)36-25-19(3)26(30-17-29-25)37-23-8-9-24(31-20(23)4)34-16-12-21-7-5-6-13-28-21/h5-9,13,17-18,22H,10-12,14-16H2,1-4H3. The van der Waals surface area contributed by atoms with Gasteiger partial charge in [-0.25, -0.2) is 19.7 Å². The zero-order chi connectivity index (χ0) is 26.9. The highest BCUT2D eigenvalue weighted by Crippen LogP contribution is 2.31. The Kier molecular flexibility index (Phi) is 9.26. The highest BCUT2D eigenvalue weighted by atomic mass is 16.8. The molecule has 0 amide bonds. The lowest BCUT2D eigenvalue weighted by molar-refractivity contribution is -0.151. The smallest absolute Gasteiger partial charge is 0.477 e. The highest BCUT2D eigenvalue weighted by Gasteiger charge is 2.25. The van der Waals surface area contributed by atoms with E-state index >= 15 is 0 Å². The van der Waals surface area contributed by atoms with Gasteiger partial charge in [0.05, 0.1) is 24.0 Å². The molecule has 0 aromatic carbocycles. The Bertz CT molecular complexity index is 1200. The lowest BCUT2D eigenvalue weighted by Gasteiger charge is -2.30. The Labute approximate surface area is 222 Å². The van der Waals surface area contributed by atoms with Gasteiger partial charge in [-0.05, 0) is 45.9 Å². The molecule has 0 atom stereocenters. The van der Waals surface area contributed by atoms with Crippen LogP contribution in [-0.2, 0) is 16.0 Å². The summed E-state index contributed by atoms with van der Waals surface area (Å²) in [6.45, 7) is 8.79. The Morgan fingerprint density at radius 1 is 1.05 bits per heavy atom. The number of aromatic nitrogens is 4. The summed E-state index contributed by atoms with van der Waals surface area (Å²) in [6, 6.07) is 9.37. The number of hydrogen-bond acceptors (Lipinski definition) is 11. The van der Waals surface area contributed by atoms with Crippen LogP contribution in [0.1, 0.15) is 43.6 Å². The van der Waals surface area contributed by atoms with Gasteiger partial charge < -0.3 is 23.8 Å². The third kappa shape index (κ3) is 7.75. The van der Waals surface area contributed by atoms with Crippen molar-refractivity contribution in [2.45, 2.75) is 59.2 Å². The van der Waals surface area contributed by atoms with Crippen LogP contribution >= 0.6 is 0 Å². The molecule has 1 fully saturated rings. The second-order valence-corrected chi connectivity index (χ2v) is 9.12. The molecular weight excluding hydrogens is 490 g/mol. The summed E-state index contributed by atoms with van der Waals surface area (Å²) in [4.78, 5) is 34.3. The molecule has 4 rings (SSSR count). The van der Waals surface area contributed by atoms with E-state index in [1.54, 1.807) is 37.2 Å². The van der Waals surface area contributed by atoms with Crippen LogP contribution < -0.4 is 14.2 Å². The summed E-state index contributed by atoms with van der Waals surface area (Å²) in [5.74, 6) is 1.92. The van der Waals surface area contributed by atoms with Gasteiger partial charge in [0.25, 0.3) is 0 Å². The number of pyridine rings is 2. The summed E-state index contributed by atoms with van der Waals surface area (Å²) in [5.41, 5.74) is 2.32. The second kappa shape index (κ2) is 13.0. The van der Waals surface area contributed by atoms with Crippen molar-refractivity contribution in [3.63, 3.8) is 0 Å². The molecule has 0 radical (unpaired) electrons. The second-order valence-electron chi connectivity index (χ2n) is 9.12. The van der Waals surface area contributed by atoms with E-state index in [2.05, 4.69) is 19.9 Å². The number of ether oxygens (including phenoxy) is 4. The van der Waals surface area contributed by atoms with Gasteiger partial charge in [-0.2, -0.15) is 0 Å². The lowest BCUT2D eigenvalue weighted by Crippen LogP contribution is -2.40. The number of hydrogen-bond donors (Lipinski definition) is 0. The summed E-state index contributed by atoms with van der Waals surface area (Å²) in [5, 5.41) is 1.59. The maximum Gasteiger partial charge on any atom is 0.528 e. The number of nitrogens with zero attached hydrogens (tertiary/aromatic N) is 5. The van der Waals surface area contributed by atoms with E-state index in [1.165, 1.54) is 6.33 Å². The quantitative estimate of drug-likeness (QED) is 0.346. The van der Waals surface area contributed by atoms with Crippen molar-refractivity contribution in [1.29, 1.82) is 0 Å². The van der Waals surface area contributed by atoms with E-state index in [9.17, 15) is 4.79 Å². The van der Waals surface area contributed by atoms with Crippen molar-refractivity contribution >= 4 is 6.16 Å². The molecule has 1 aliphatic heterocycles. The molecule has 0 aliphatic carbocycles. The van der Waals surface area contributed by atoms with Crippen LogP contribution in [0.25, 0.3) is 0 Å². The van der Waals surface area contributed by atoms with Crippen molar-refractivity contribution in [1.82, 2.24) is 25.0 Å². The third-order valence-electron chi connectivity index (χ3n) is 5.76. The van der Waals surface area contributed by atoms with E-state index in [4.69, 9.17) is 23.8 Å². The highest BCUT2D eigenvalue weighted by molar-refractivity contribution is 5.59. The molecule has 3 aromatic rings. The van der Waals surface area contributed by atoms with Crippen LogP contribution in [0.4, 0.5) is 4.79 Å². The van der Waals surface area contributed by atoms with Gasteiger partial charge in [0.2, 0.25) is 17.6 Å². The molecule has 0 N–H and O–H groups in total. The number of hydroxylamine groups is 2. The van der Waals surface area contributed by atoms with Gasteiger partial charge in [0.15, 0.2) is 5.75 Å². The maximum atomic E-state index is 11.7. The average Bonchev–Trinajstić information content (AvgIpc) is 2.89. The molecule has 11 nitrogen and oxygen atoms in total. The van der Waals surface area contributed by atoms with Gasteiger partial charge in [0, 0.05) is 50.3 Å². The molecule has 0 saturated carbocycles. The minimum atomic E-state index is -0.693. The minimum Gasteiger partial charge on any atom is -0.477 e. The molecule has 202 valence electrons. The van der Waals surface area contributed by atoms with Crippen LogP contribution in [-0.4, -0.2) is 63.1 Å². The van der Waals surface area contributed by atoms with Crippen LogP contribution in [0.3, 0.4) is 0 Å². The molecule has 4 heterocycles. The van der Waals surface area contributed by atoms with Gasteiger partial charge in [-0.15, -0.1) is 5.06 Å². The van der Waals surface area contributed by atoms with Crippen LogP contribution in [0, 0.1) is 13.8 Å². The molecule has 0 bridgehead atoms. The number of aryl methyl sites for hydroxylation is 1. The van der Waals surface area contributed by atoms with E-state index in [-0.39, 0.29) is 12.2 Å². The zero-order valence-corrected chi connectivity index (χ0v) is 22.1. The minimum absolute atomic E-state index is 0.0802. The molecule has 11 heteroatoms. The molecule has 0 spiro atoms. The van der Waals surface area contributed by atoms with Crippen molar-refractivity contribution in [3.05, 3.63) is 59.8 Å². The molecular formula is C27H33N5O6. The number of carbonyl (C=O) groups is 1. The SMILES string of the molecule is Cc1nc(OCCc2ccccn2)ccc1Oc1ncnc(OC2CCN(OC(=O)OC(C)C)CC2)c1C. The Balaban J connectivity index is 1.29. The summed E-state index contributed by atoms with van der Waals surface area (Å²) >= 11 is 0. The van der Waals surface area contributed by atoms with Gasteiger partial charge in [-0.1, -0.05) is 6.07 Å². The van der Waals surface area contributed by atoms with Crippen LogP contribution in [0.15, 0.2) is 42.9 Å². The van der Waals surface area contributed by atoms with E-state index in [0.717, 1.165) is 5.69 Å². The first-order valence-electron chi connectivity index (χ1n) is 12.7. The van der Waals surface area contributed by atoms with E-state index in [1.807, 2.05) is 32.0 Å². The zero-order valence-electron chi connectivity index (χ0n) is 22.1. The maximum absolute atomic E-state index is 11.7. The van der Waals surface area contributed by atoms with Crippen LogP contribution in [0.5, 0.6) is 23.4 Å². The number of piperidine rings is 1. The van der Waals surface area contributed by atoms with Crippen molar-refractivity contribution in [2.75, 3.05) is 19.7 Å². The molecule has 0 unspecified atom stereocenters. The summed E-state index contributed by atoms with van der Waals surface area (Å²) < 4.78 is 23.0. The average molecular weight is 524 g/mol. The molecule has 1 saturated heterocycles. The number of carbonyl (C=O) groups excluding carboxylic acids is 1. The topological polar surface area (TPSA) is 118 Å². The molecule has 1 aliphatic rings. The Morgan fingerprint density at radius 3 is 2.55 bits per heavy atom. The molecule has 38 heavy (non-hydrogen) atoms. The van der Waals surface area contributed by atoms with Gasteiger partial charge >= 0.3 is 6.16 Å². The van der Waals surface area contributed by atoms with Gasteiger partial charge in [0.1, 0.15) is 12.4 Å². The van der Waals surface area contributed by atoms with E-state index < -0.39 is 6.16 Å². The fraction of sp³-hybridized carbons (Fsp3) is 0.444. The first kappa shape index (κ1) is 27.1. The predicted molar refractivity (Wildman–Crippen MR) is 137 cm³/mol. The Hall–Kier alpha value is -3.99. The number of rotatable bonds is 10. The lowest BCUT2D eigenvalue weighted by atomic mass is 10.1. The predicted octanol–water partition coefficient (Wildman–Crippen LogP) is 4.62. The van der Waals surface area contributed by atoms with Crippen molar-refractivity contribution < 1.29 is 28.6 Å². The Morgan fingerprint density at radius 2 is 1.84 bits per heavy atom. The normalized spacial score (nSPS) is 14.2. The largest absolute Gasteiger partial charge is 0.528 e. The van der Waals surface area contributed by atoms with E-state index in [0.29, 0.717) is 73.6 Å². The van der Waals surface area contributed by atoms with Crippen molar-refractivity contribution in [2.24, 2.45) is 0 Å². The van der Waals surface area contributed by atoms with Crippen molar-refractivity contribution in [3.8, 4) is 23.4 Å². The summed E-state index contributed by atoms with van der Waals surface area (Å²) in [7, 11) is 0. The first-order valence-corrected chi connectivity index (χ1v) is 12.7. The van der Waals surface area contributed by atoms with Crippen LogP contribution in [0.2, 0.25) is 0 Å². The third-order valence-corrected chi connectivity index (χ3v) is 5.76. The summed E-state index contributed by atoms with van der Waals surface area (Å²) in [6.07, 6.45) is 4.20. The molecule has 3 aromatic heterocycles. The van der Waals surface area contributed by atoms with Gasteiger partial charge in [-0.3, -0.25) is 4.98 Å². The first-order chi connectivity index (χ1) is 18.4. The fourth-order valence-electron chi connectivity index (χ4n) is 3.78.